The lowest BCUT2D eigenvalue weighted by molar-refractivity contribution is -0.383. The predicted octanol–water partition coefficient (Wildman–Crippen LogP) is 2.43. The van der Waals surface area contributed by atoms with Crippen LogP contribution in [0.25, 0.3) is 0 Å². The number of carbonyl (C=O) groups is 1. The summed E-state index contributed by atoms with van der Waals surface area (Å²) in [6.07, 6.45) is 1.27. The molecule has 2 aromatic rings. The average Bonchev–Trinajstić information content (AvgIpc) is 2.68. The van der Waals surface area contributed by atoms with E-state index in [-0.39, 0.29) is 23.1 Å². The first-order valence-electron chi connectivity index (χ1n) is 8.58. The molecule has 1 heterocycles. The predicted molar refractivity (Wildman–Crippen MR) is 104 cm³/mol. The van der Waals surface area contributed by atoms with Crippen LogP contribution in [0.5, 0.6) is 0 Å². The van der Waals surface area contributed by atoms with Crippen molar-refractivity contribution in [3.63, 3.8) is 0 Å². The van der Waals surface area contributed by atoms with E-state index in [1.165, 1.54) is 13.3 Å². The molecule has 0 amide bonds. The molecule has 0 atom stereocenters. The van der Waals surface area contributed by atoms with Crippen LogP contribution in [-0.2, 0) is 9.47 Å². The number of Topliss-reactive ketones (excluding diaryl/α,β-unsaturated/α-hetero) is 1. The minimum atomic E-state index is -0.520. The number of anilines is 3. The number of methoxy groups -OCH3 is 2. The van der Waals surface area contributed by atoms with E-state index >= 15 is 0 Å². The van der Waals surface area contributed by atoms with Gasteiger partial charge in [0.15, 0.2) is 5.78 Å². The van der Waals surface area contributed by atoms with E-state index in [4.69, 9.17) is 9.47 Å². The van der Waals surface area contributed by atoms with Gasteiger partial charge in [-0.25, -0.2) is 9.97 Å². The van der Waals surface area contributed by atoms with Crippen LogP contribution in [0.15, 0.2) is 30.6 Å². The highest BCUT2D eigenvalue weighted by atomic mass is 16.6. The molecule has 1 aromatic carbocycles. The van der Waals surface area contributed by atoms with Crippen LogP contribution in [0, 0.1) is 10.1 Å². The van der Waals surface area contributed by atoms with E-state index < -0.39 is 4.92 Å². The lowest BCUT2D eigenvalue weighted by Gasteiger charge is -2.23. The fourth-order valence-corrected chi connectivity index (χ4v) is 2.51. The Morgan fingerprint density at radius 3 is 2.25 bits per heavy atom. The Balaban J connectivity index is 2.37. The van der Waals surface area contributed by atoms with Gasteiger partial charge < -0.3 is 19.7 Å². The standard InChI is InChI=1S/C18H23N5O5/c1-13(24)14-4-6-15(7-5-14)21-17-16(23(25)26)18(20-12-19-17)22(8-10-27-2)9-11-28-3/h4-7,12H,8-11H2,1-3H3,(H,19,20,21). The number of ketones is 1. The van der Waals surface area contributed by atoms with Gasteiger partial charge in [0, 0.05) is 38.6 Å². The van der Waals surface area contributed by atoms with Crippen molar-refractivity contribution in [2.45, 2.75) is 6.92 Å². The van der Waals surface area contributed by atoms with Crippen molar-refractivity contribution in [1.29, 1.82) is 0 Å². The van der Waals surface area contributed by atoms with Crippen molar-refractivity contribution in [3.8, 4) is 0 Å². The molecule has 0 saturated heterocycles. The number of carbonyl (C=O) groups excluding carboxylic acids is 1. The quantitative estimate of drug-likeness (QED) is 0.351. The molecule has 0 spiro atoms. The molecule has 150 valence electrons. The first-order valence-corrected chi connectivity index (χ1v) is 8.58. The van der Waals surface area contributed by atoms with E-state index in [2.05, 4.69) is 15.3 Å². The molecule has 0 aliphatic carbocycles. The zero-order valence-corrected chi connectivity index (χ0v) is 16.0. The van der Waals surface area contributed by atoms with Gasteiger partial charge in [-0.05, 0) is 31.2 Å². The Morgan fingerprint density at radius 2 is 1.75 bits per heavy atom. The van der Waals surface area contributed by atoms with E-state index in [9.17, 15) is 14.9 Å². The lowest BCUT2D eigenvalue weighted by Crippen LogP contribution is -2.32. The molecule has 1 aromatic heterocycles. The minimum absolute atomic E-state index is 0.0606. The Hall–Kier alpha value is -3.11. The molecule has 0 bridgehead atoms. The monoisotopic (exact) mass is 389 g/mol. The zero-order chi connectivity index (χ0) is 20.5. The van der Waals surface area contributed by atoms with Crippen LogP contribution >= 0.6 is 0 Å². The van der Waals surface area contributed by atoms with Gasteiger partial charge in [0.2, 0.25) is 11.6 Å². The number of hydrogen-bond acceptors (Lipinski definition) is 9. The van der Waals surface area contributed by atoms with Crippen LogP contribution in [0.2, 0.25) is 0 Å². The van der Waals surface area contributed by atoms with E-state index in [0.29, 0.717) is 37.6 Å². The van der Waals surface area contributed by atoms with Crippen molar-refractivity contribution in [1.82, 2.24) is 9.97 Å². The second-order valence-electron chi connectivity index (χ2n) is 5.88. The normalized spacial score (nSPS) is 10.5. The van der Waals surface area contributed by atoms with Crippen LogP contribution in [-0.4, -0.2) is 61.2 Å². The summed E-state index contributed by atoms with van der Waals surface area (Å²) in [4.78, 5) is 32.5. The molecule has 1 N–H and O–H groups in total. The van der Waals surface area contributed by atoms with Gasteiger partial charge in [-0.3, -0.25) is 14.9 Å². The largest absolute Gasteiger partial charge is 0.383 e. The lowest BCUT2D eigenvalue weighted by atomic mass is 10.1. The SMILES string of the molecule is COCCN(CCOC)c1ncnc(Nc2ccc(C(C)=O)cc2)c1[N+](=O)[O-]. The van der Waals surface area contributed by atoms with Crippen LogP contribution in [0.3, 0.4) is 0 Å². The first-order chi connectivity index (χ1) is 13.5. The summed E-state index contributed by atoms with van der Waals surface area (Å²) in [6, 6.07) is 6.61. The van der Waals surface area contributed by atoms with Crippen molar-refractivity contribution < 1.29 is 19.2 Å². The number of nitro groups is 1. The van der Waals surface area contributed by atoms with Gasteiger partial charge in [-0.2, -0.15) is 0 Å². The minimum Gasteiger partial charge on any atom is -0.383 e. The highest BCUT2D eigenvalue weighted by Crippen LogP contribution is 2.33. The number of aromatic nitrogens is 2. The summed E-state index contributed by atoms with van der Waals surface area (Å²) in [5, 5.41) is 14.7. The number of nitrogens with zero attached hydrogens (tertiary/aromatic N) is 4. The van der Waals surface area contributed by atoms with Crippen LogP contribution < -0.4 is 10.2 Å². The molecule has 0 unspecified atom stereocenters. The summed E-state index contributed by atoms with van der Waals surface area (Å²) in [5.74, 6) is 0.177. The van der Waals surface area contributed by atoms with Crippen LogP contribution in [0.4, 0.5) is 23.0 Å². The Bertz CT molecular complexity index is 805. The molecule has 0 fully saturated rings. The Morgan fingerprint density at radius 1 is 1.14 bits per heavy atom. The number of nitrogens with one attached hydrogen (secondary N) is 1. The molecule has 10 nitrogen and oxygen atoms in total. The smallest absolute Gasteiger partial charge is 0.353 e. The fraction of sp³-hybridized carbons (Fsp3) is 0.389. The van der Waals surface area contributed by atoms with Crippen molar-refractivity contribution in [2.75, 3.05) is 50.7 Å². The summed E-state index contributed by atoms with van der Waals surface area (Å²) in [5.41, 5.74) is 0.872. The number of rotatable bonds is 11. The molecule has 0 radical (unpaired) electrons. The molecule has 10 heteroatoms. The van der Waals surface area contributed by atoms with Gasteiger partial charge in [-0.15, -0.1) is 0 Å². The van der Waals surface area contributed by atoms with Crippen molar-refractivity contribution in [2.24, 2.45) is 0 Å². The fourth-order valence-electron chi connectivity index (χ4n) is 2.51. The number of hydrogen-bond donors (Lipinski definition) is 1. The van der Waals surface area contributed by atoms with Crippen LogP contribution in [0.1, 0.15) is 17.3 Å². The van der Waals surface area contributed by atoms with Crippen molar-refractivity contribution >= 4 is 28.8 Å². The maximum atomic E-state index is 11.8. The molecule has 0 aliphatic rings. The average molecular weight is 389 g/mol. The molecule has 0 aliphatic heterocycles. The third-order valence-corrected chi connectivity index (χ3v) is 3.97. The second kappa shape index (κ2) is 10.3. The van der Waals surface area contributed by atoms with E-state index in [0.717, 1.165) is 0 Å². The molecule has 0 saturated carbocycles. The number of ether oxygens (including phenoxy) is 2. The summed E-state index contributed by atoms with van der Waals surface area (Å²) < 4.78 is 10.2. The van der Waals surface area contributed by atoms with Gasteiger partial charge in [0.05, 0.1) is 18.1 Å². The van der Waals surface area contributed by atoms with Gasteiger partial charge in [0.25, 0.3) is 0 Å². The van der Waals surface area contributed by atoms with Crippen molar-refractivity contribution in [3.05, 3.63) is 46.3 Å². The first kappa shape index (κ1) is 21.2. The maximum absolute atomic E-state index is 11.8. The molecular formula is C18H23N5O5. The van der Waals surface area contributed by atoms with Gasteiger partial charge in [0.1, 0.15) is 6.33 Å². The third-order valence-electron chi connectivity index (χ3n) is 3.97. The number of benzene rings is 1. The van der Waals surface area contributed by atoms with E-state index in [1.807, 2.05) is 0 Å². The summed E-state index contributed by atoms with van der Waals surface area (Å²) >= 11 is 0. The molecule has 28 heavy (non-hydrogen) atoms. The zero-order valence-electron chi connectivity index (χ0n) is 16.0. The van der Waals surface area contributed by atoms with Gasteiger partial charge >= 0.3 is 5.69 Å². The highest BCUT2D eigenvalue weighted by Gasteiger charge is 2.27. The maximum Gasteiger partial charge on any atom is 0.353 e. The second-order valence-corrected chi connectivity index (χ2v) is 5.88. The Kier molecular flexibility index (Phi) is 7.78. The van der Waals surface area contributed by atoms with Gasteiger partial charge in [-0.1, -0.05) is 0 Å². The Labute approximate surface area is 162 Å². The van der Waals surface area contributed by atoms with E-state index in [1.54, 1.807) is 43.4 Å². The molecular weight excluding hydrogens is 366 g/mol. The summed E-state index contributed by atoms with van der Waals surface area (Å²) in [7, 11) is 3.11. The summed E-state index contributed by atoms with van der Waals surface area (Å²) in [6.45, 7) is 3.04. The highest BCUT2D eigenvalue weighted by molar-refractivity contribution is 5.94. The third kappa shape index (κ3) is 5.44. The topological polar surface area (TPSA) is 120 Å². The molecule has 2 rings (SSSR count).